The molecule has 144 valence electrons. The van der Waals surface area contributed by atoms with Crippen LogP contribution in [0, 0.1) is 5.82 Å². The fourth-order valence-electron chi connectivity index (χ4n) is 2.87. The number of nitrogens with one attached hydrogen (secondary N) is 1. The van der Waals surface area contributed by atoms with Crippen LogP contribution in [0.5, 0.6) is 0 Å². The molecule has 4 aromatic rings. The van der Waals surface area contributed by atoms with Gasteiger partial charge < -0.3 is 5.32 Å². The van der Waals surface area contributed by atoms with Crippen molar-refractivity contribution in [2.45, 2.75) is 0 Å². The average molecular weight is 426 g/mol. The Morgan fingerprint density at radius 1 is 0.897 bits per heavy atom. The van der Waals surface area contributed by atoms with Gasteiger partial charge in [-0.2, -0.15) is 5.10 Å². The molecule has 0 saturated heterocycles. The molecule has 7 heteroatoms. The standard InChI is InChI=1S/C22H14Cl2FN3O/c23-17-7-4-8-18(24)21(17)28-20(13-19(27-28)14-5-2-1-3-6-14)26-22(29)15-9-11-16(25)12-10-15/h1-13H,(H,26,29). The summed E-state index contributed by atoms with van der Waals surface area (Å²) < 4.78 is 14.7. The molecule has 1 N–H and O–H groups in total. The number of amides is 1. The quantitative estimate of drug-likeness (QED) is 0.420. The summed E-state index contributed by atoms with van der Waals surface area (Å²) in [5.74, 6) is -0.442. The largest absolute Gasteiger partial charge is 0.306 e. The highest BCUT2D eigenvalue weighted by atomic mass is 35.5. The highest BCUT2D eigenvalue weighted by Gasteiger charge is 2.18. The molecule has 0 saturated carbocycles. The Labute approximate surface area is 176 Å². The van der Waals surface area contributed by atoms with E-state index in [9.17, 15) is 9.18 Å². The van der Waals surface area contributed by atoms with Gasteiger partial charge in [0.1, 0.15) is 17.3 Å². The Hall–Kier alpha value is -3.15. The molecule has 0 atom stereocenters. The van der Waals surface area contributed by atoms with Crippen LogP contribution in [-0.4, -0.2) is 15.7 Å². The Bertz CT molecular complexity index is 1150. The van der Waals surface area contributed by atoms with E-state index >= 15 is 0 Å². The molecule has 3 aromatic carbocycles. The number of carbonyl (C=O) groups is 1. The molecule has 29 heavy (non-hydrogen) atoms. The van der Waals surface area contributed by atoms with Gasteiger partial charge in [-0.3, -0.25) is 4.79 Å². The van der Waals surface area contributed by atoms with Crippen LogP contribution in [0.15, 0.2) is 78.9 Å². The van der Waals surface area contributed by atoms with Gasteiger partial charge in [0.25, 0.3) is 5.91 Å². The van der Waals surface area contributed by atoms with Crippen LogP contribution in [0.2, 0.25) is 10.0 Å². The van der Waals surface area contributed by atoms with E-state index in [2.05, 4.69) is 10.4 Å². The first-order chi connectivity index (χ1) is 14.0. The van der Waals surface area contributed by atoms with Crippen LogP contribution in [0.25, 0.3) is 16.9 Å². The predicted molar refractivity (Wildman–Crippen MR) is 113 cm³/mol. The first kappa shape index (κ1) is 19.2. The van der Waals surface area contributed by atoms with E-state index in [1.807, 2.05) is 30.3 Å². The third-order valence-electron chi connectivity index (χ3n) is 4.28. The summed E-state index contributed by atoms with van der Waals surface area (Å²) >= 11 is 12.7. The van der Waals surface area contributed by atoms with Crippen molar-refractivity contribution < 1.29 is 9.18 Å². The molecule has 0 radical (unpaired) electrons. The zero-order valence-electron chi connectivity index (χ0n) is 14.9. The Morgan fingerprint density at radius 2 is 1.55 bits per heavy atom. The lowest BCUT2D eigenvalue weighted by Gasteiger charge is -2.12. The highest BCUT2D eigenvalue weighted by molar-refractivity contribution is 6.37. The predicted octanol–water partition coefficient (Wildman–Crippen LogP) is 6.24. The van der Waals surface area contributed by atoms with Crippen molar-refractivity contribution in [3.8, 4) is 16.9 Å². The first-order valence-corrected chi connectivity index (χ1v) is 9.45. The lowest BCUT2D eigenvalue weighted by atomic mass is 10.1. The summed E-state index contributed by atoms with van der Waals surface area (Å²) in [5.41, 5.74) is 2.26. The Morgan fingerprint density at radius 3 is 2.21 bits per heavy atom. The summed E-state index contributed by atoms with van der Waals surface area (Å²) in [7, 11) is 0. The van der Waals surface area contributed by atoms with E-state index in [1.54, 1.807) is 24.3 Å². The lowest BCUT2D eigenvalue weighted by molar-refractivity contribution is 0.102. The molecule has 0 fully saturated rings. The third-order valence-corrected chi connectivity index (χ3v) is 4.89. The lowest BCUT2D eigenvalue weighted by Crippen LogP contribution is -2.15. The SMILES string of the molecule is O=C(Nc1cc(-c2ccccc2)nn1-c1c(Cl)cccc1Cl)c1ccc(F)cc1. The van der Waals surface area contributed by atoms with E-state index in [0.29, 0.717) is 32.8 Å². The molecular weight excluding hydrogens is 412 g/mol. The number of benzene rings is 3. The maximum atomic E-state index is 13.2. The Balaban J connectivity index is 1.80. The van der Waals surface area contributed by atoms with Gasteiger partial charge >= 0.3 is 0 Å². The van der Waals surface area contributed by atoms with Crippen LogP contribution in [0.3, 0.4) is 0 Å². The van der Waals surface area contributed by atoms with Gasteiger partial charge in [-0.05, 0) is 36.4 Å². The first-order valence-electron chi connectivity index (χ1n) is 8.70. The van der Waals surface area contributed by atoms with Crippen LogP contribution < -0.4 is 5.32 Å². The van der Waals surface area contributed by atoms with Crippen molar-refractivity contribution in [1.82, 2.24) is 9.78 Å². The van der Waals surface area contributed by atoms with Crippen molar-refractivity contribution in [2.75, 3.05) is 5.32 Å². The molecule has 4 nitrogen and oxygen atoms in total. The molecule has 0 spiro atoms. The van der Waals surface area contributed by atoms with Gasteiger partial charge in [-0.1, -0.05) is 59.6 Å². The minimum absolute atomic E-state index is 0.311. The van der Waals surface area contributed by atoms with Crippen LogP contribution in [-0.2, 0) is 0 Å². The van der Waals surface area contributed by atoms with E-state index in [1.165, 1.54) is 28.9 Å². The number of carbonyl (C=O) groups excluding carboxylic acids is 1. The number of hydrogen-bond donors (Lipinski definition) is 1. The number of nitrogens with zero attached hydrogens (tertiary/aromatic N) is 2. The van der Waals surface area contributed by atoms with Crippen LogP contribution >= 0.6 is 23.2 Å². The molecule has 0 unspecified atom stereocenters. The molecule has 4 rings (SSSR count). The summed E-state index contributed by atoms with van der Waals surface area (Å²) in [6.07, 6.45) is 0. The maximum absolute atomic E-state index is 13.2. The number of anilines is 1. The summed E-state index contributed by atoms with van der Waals surface area (Å²) in [5, 5.41) is 8.19. The third kappa shape index (κ3) is 4.01. The second-order valence-electron chi connectivity index (χ2n) is 6.22. The van der Waals surface area contributed by atoms with E-state index < -0.39 is 11.7 Å². The smallest absolute Gasteiger partial charge is 0.256 e. The molecule has 1 aromatic heterocycles. The summed E-state index contributed by atoms with van der Waals surface area (Å²) in [4.78, 5) is 12.7. The van der Waals surface area contributed by atoms with E-state index in [0.717, 1.165) is 5.56 Å². The molecule has 0 aliphatic rings. The zero-order valence-corrected chi connectivity index (χ0v) is 16.5. The van der Waals surface area contributed by atoms with Gasteiger partial charge in [0.15, 0.2) is 0 Å². The number of rotatable bonds is 4. The molecular formula is C22H14Cl2FN3O. The number of aromatic nitrogens is 2. The second-order valence-corrected chi connectivity index (χ2v) is 7.04. The van der Waals surface area contributed by atoms with Crippen molar-refractivity contribution in [3.63, 3.8) is 0 Å². The minimum atomic E-state index is -0.416. The van der Waals surface area contributed by atoms with Crippen LogP contribution in [0.4, 0.5) is 10.2 Å². The molecule has 0 bridgehead atoms. The van der Waals surface area contributed by atoms with Gasteiger partial charge in [0.2, 0.25) is 0 Å². The van der Waals surface area contributed by atoms with Crippen molar-refractivity contribution in [3.05, 3.63) is 100 Å². The average Bonchev–Trinajstić information content (AvgIpc) is 3.12. The minimum Gasteiger partial charge on any atom is -0.306 e. The van der Waals surface area contributed by atoms with E-state index in [-0.39, 0.29) is 0 Å². The van der Waals surface area contributed by atoms with Crippen molar-refractivity contribution >= 4 is 34.9 Å². The fraction of sp³-hybridized carbons (Fsp3) is 0. The second kappa shape index (κ2) is 8.07. The number of para-hydroxylation sites is 1. The monoisotopic (exact) mass is 425 g/mol. The molecule has 1 amide bonds. The molecule has 1 heterocycles. The van der Waals surface area contributed by atoms with Gasteiger partial charge in [-0.15, -0.1) is 0 Å². The maximum Gasteiger partial charge on any atom is 0.256 e. The van der Waals surface area contributed by atoms with Crippen molar-refractivity contribution in [2.24, 2.45) is 0 Å². The number of halogens is 3. The normalized spacial score (nSPS) is 10.7. The molecule has 0 aliphatic carbocycles. The Kier molecular flexibility index (Phi) is 5.34. The fourth-order valence-corrected chi connectivity index (χ4v) is 3.43. The van der Waals surface area contributed by atoms with E-state index in [4.69, 9.17) is 23.2 Å². The van der Waals surface area contributed by atoms with Gasteiger partial charge in [0.05, 0.1) is 15.7 Å². The highest BCUT2D eigenvalue weighted by Crippen LogP contribution is 2.33. The van der Waals surface area contributed by atoms with Crippen molar-refractivity contribution in [1.29, 1.82) is 0 Å². The number of hydrogen-bond acceptors (Lipinski definition) is 2. The van der Waals surface area contributed by atoms with Crippen LogP contribution in [0.1, 0.15) is 10.4 Å². The van der Waals surface area contributed by atoms with Gasteiger partial charge in [0, 0.05) is 17.2 Å². The molecule has 0 aliphatic heterocycles. The topological polar surface area (TPSA) is 46.9 Å². The summed E-state index contributed by atoms with van der Waals surface area (Å²) in [6, 6.07) is 21.6. The van der Waals surface area contributed by atoms with Gasteiger partial charge in [-0.25, -0.2) is 9.07 Å². The summed E-state index contributed by atoms with van der Waals surface area (Å²) in [6.45, 7) is 0. The zero-order chi connectivity index (χ0) is 20.4.